The maximum atomic E-state index is 14.5. The molecule has 0 aliphatic carbocycles. The molecule has 0 unspecified atom stereocenters. The number of rotatable bonds is 8. The first-order valence-corrected chi connectivity index (χ1v) is 17.4. The van der Waals surface area contributed by atoms with Gasteiger partial charge in [0.1, 0.15) is 5.54 Å². The van der Waals surface area contributed by atoms with Gasteiger partial charge < -0.3 is 19.7 Å². The Morgan fingerprint density at radius 1 is 0.868 bits per heavy atom. The molecule has 0 bridgehead atoms. The molecule has 2 aliphatic rings. The minimum Gasteiger partial charge on any atom is -0.465 e. The number of likely N-dealkylation sites (tertiary alicyclic amines) is 1. The third-order valence-electron chi connectivity index (χ3n) is 10.4. The van der Waals surface area contributed by atoms with Crippen molar-refractivity contribution in [3.05, 3.63) is 166 Å². The van der Waals surface area contributed by atoms with E-state index in [1.807, 2.05) is 91.0 Å². The average Bonchev–Trinajstić information content (AvgIpc) is 3.48. The number of amides is 1. The van der Waals surface area contributed by atoms with Crippen molar-refractivity contribution in [1.29, 1.82) is 0 Å². The summed E-state index contributed by atoms with van der Waals surface area (Å²) >= 11 is 0. The highest BCUT2D eigenvalue weighted by Gasteiger charge is 2.45. The van der Waals surface area contributed by atoms with E-state index in [4.69, 9.17) is 9.52 Å². The third kappa shape index (κ3) is 6.02. The van der Waals surface area contributed by atoms with Crippen LogP contribution in [0.1, 0.15) is 46.5 Å². The van der Waals surface area contributed by atoms with Crippen molar-refractivity contribution in [2.24, 2.45) is 0 Å². The van der Waals surface area contributed by atoms with Gasteiger partial charge in [-0.2, -0.15) is 13.2 Å². The Hall–Kier alpha value is -5.88. The van der Waals surface area contributed by atoms with Gasteiger partial charge in [0.25, 0.3) is 0 Å². The molecule has 4 aromatic carbocycles. The molecule has 1 amide bonds. The van der Waals surface area contributed by atoms with Crippen molar-refractivity contribution < 1.29 is 27.5 Å². The number of aromatic nitrogens is 2. The lowest BCUT2D eigenvalue weighted by atomic mass is 9.76. The lowest BCUT2D eigenvalue weighted by molar-refractivity contribution is -0.155. The van der Waals surface area contributed by atoms with E-state index in [9.17, 15) is 22.8 Å². The van der Waals surface area contributed by atoms with Crippen molar-refractivity contribution in [3.63, 3.8) is 0 Å². The first-order valence-electron chi connectivity index (χ1n) is 17.4. The quantitative estimate of drug-likeness (QED) is 0.157. The van der Waals surface area contributed by atoms with Gasteiger partial charge in [-0.3, -0.25) is 14.5 Å². The van der Waals surface area contributed by atoms with Crippen LogP contribution in [0, 0.1) is 0 Å². The zero-order chi connectivity index (χ0) is 36.9. The summed E-state index contributed by atoms with van der Waals surface area (Å²) in [6, 6.07) is 34.7. The summed E-state index contributed by atoms with van der Waals surface area (Å²) in [5, 5.41) is 12.4. The fourth-order valence-electron chi connectivity index (χ4n) is 8.10. The van der Waals surface area contributed by atoms with Crippen molar-refractivity contribution in [3.8, 4) is 0 Å². The molecule has 270 valence electrons. The van der Waals surface area contributed by atoms with Gasteiger partial charge in [0.05, 0.1) is 41.7 Å². The van der Waals surface area contributed by atoms with Gasteiger partial charge in [0, 0.05) is 24.7 Å². The van der Waals surface area contributed by atoms with Crippen LogP contribution in [0.15, 0.2) is 131 Å². The zero-order valence-corrected chi connectivity index (χ0v) is 28.7. The first kappa shape index (κ1) is 34.2. The number of anilines is 1. The van der Waals surface area contributed by atoms with E-state index in [0.29, 0.717) is 46.7 Å². The maximum absolute atomic E-state index is 14.5. The summed E-state index contributed by atoms with van der Waals surface area (Å²) in [6.07, 6.45) is -3.70. The summed E-state index contributed by atoms with van der Waals surface area (Å²) < 4.78 is 50.4. The molecule has 0 spiro atoms. The average molecular weight is 720 g/mol. The van der Waals surface area contributed by atoms with Gasteiger partial charge in [-0.25, -0.2) is 9.59 Å². The van der Waals surface area contributed by atoms with E-state index >= 15 is 0 Å². The van der Waals surface area contributed by atoms with Gasteiger partial charge in [-0.1, -0.05) is 97.1 Å². The number of hydrogen-bond donors (Lipinski definition) is 2. The summed E-state index contributed by atoms with van der Waals surface area (Å²) in [7, 11) is 0. The number of hydrogen-bond acceptors (Lipinski definition) is 6. The Kier molecular flexibility index (Phi) is 8.57. The number of benzene rings is 4. The molecule has 2 atom stereocenters. The summed E-state index contributed by atoms with van der Waals surface area (Å²) in [4.78, 5) is 33.0. The van der Waals surface area contributed by atoms with Crippen LogP contribution in [0.2, 0.25) is 0 Å². The largest absolute Gasteiger partial charge is 0.465 e. The van der Waals surface area contributed by atoms with Gasteiger partial charge in [-0.05, 0) is 53.8 Å². The number of halogens is 3. The number of alkyl halides is 3. The van der Waals surface area contributed by atoms with Crippen molar-refractivity contribution in [2.75, 3.05) is 25.0 Å². The van der Waals surface area contributed by atoms with Crippen LogP contribution in [-0.4, -0.2) is 68.4 Å². The van der Waals surface area contributed by atoms with Crippen LogP contribution >= 0.6 is 0 Å². The minimum atomic E-state index is -4.48. The number of pyridine rings is 1. The zero-order valence-electron chi connectivity index (χ0n) is 28.7. The Bertz CT molecular complexity index is 2210. The predicted molar refractivity (Wildman–Crippen MR) is 194 cm³/mol. The maximum Gasteiger partial charge on any atom is 0.421 e. The summed E-state index contributed by atoms with van der Waals surface area (Å²) in [6.45, 7) is 1.24. The second kappa shape index (κ2) is 13.3. The molecule has 6 aromatic rings. The Morgan fingerprint density at radius 2 is 1.45 bits per heavy atom. The molecule has 4 heterocycles. The summed E-state index contributed by atoms with van der Waals surface area (Å²) in [5.74, 6) is -0.599. The van der Waals surface area contributed by atoms with Crippen molar-refractivity contribution >= 4 is 22.9 Å². The third-order valence-corrected chi connectivity index (χ3v) is 10.4. The molecule has 9 nitrogen and oxygen atoms in total. The highest BCUT2D eigenvalue weighted by Crippen LogP contribution is 2.45. The van der Waals surface area contributed by atoms with E-state index in [-0.39, 0.29) is 12.5 Å². The smallest absolute Gasteiger partial charge is 0.421 e. The van der Waals surface area contributed by atoms with E-state index < -0.39 is 42.2 Å². The van der Waals surface area contributed by atoms with Crippen LogP contribution in [0.5, 0.6) is 0 Å². The van der Waals surface area contributed by atoms with E-state index in [1.54, 1.807) is 42.0 Å². The fraction of sp³-hybridized carbons (Fsp3) is 0.244. The molecule has 53 heavy (non-hydrogen) atoms. The van der Waals surface area contributed by atoms with E-state index in [1.165, 1.54) is 9.80 Å². The molecular weight excluding hydrogens is 683 g/mol. The molecule has 1 saturated heterocycles. The monoisotopic (exact) mass is 719 g/mol. The SMILES string of the molecule is C[C@@H]1Cc2c(ccc3c2oc(=O)n3C(c2ccccc2)(c2ccccc2)c2ccccc2)[C@@H](c2ccc(NC3CN(C(=O)O)C3)cn2)N1CC(F)(F)F. The van der Waals surface area contributed by atoms with E-state index in [0.717, 1.165) is 16.7 Å². The molecule has 1 fully saturated rings. The normalized spacial score (nSPS) is 18.1. The fourth-order valence-corrected chi connectivity index (χ4v) is 8.10. The number of fused-ring (bicyclic) bond motifs is 3. The van der Waals surface area contributed by atoms with Crippen LogP contribution in [0.25, 0.3) is 11.1 Å². The number of carbonyl (C=O) groups is 1. The van der Waals surface area contributed by atoms with Gasteiger partial charge in [0.15, 0.2) is 5.58 Å². The van der Waals surface area contributed by atoms with Crippen LogP contribution < -0.4 is 11.1 Å². The van der Waals surface area contributed by atoms with Gasteiger partial charge >= 0.3 is 18.0 Å². The lowest BCUT2D eigenvalue weighted by Crippen LogP contribution is -2.56. The number of carboxylic acid groups (broad SMARTS) is 1. The summed E-state index contributed by atoms with van der Waals surface area (Å²) in [5.41, 5.74) is 4.45. The van der Waals surface area contributed by atoms with Crippen LogP contribution in [0.4, 0.5) is 23.7 Å². The molecule has 2 N–H and O–H groups in total. The first-order chi connectivity index (χ1) is 25.5. The molecule has 0 radical (unpaired) electrons. The second-order valence-electron chi connectivity index (χ2n) is 13.7. The number of nitrogens with zero attached hydrogens (tertiary/aromatic N) is 4. The lowest BCUT2D eigenvalue weighted by Gasteiger charge is -2.42. The molecule has 0 saturated carbocycles. The van der Waals surface area contributed by atoms with Crippen LogP contribution in [-0.2, 0) is 12.0 Å². The molecule has 2 aromatic heterocycles. The Morgan fingerprint density at radius 3 is 1.96 bits per heavy atom. The molecule has 2 aliphatic heterocycles. The molecule has 8 rings (SSSR count). The van der Waals surface area contributed by atoms with Gasteiger partial charge in [0.2, 0.25) is 0 Å². The Balaban J connectivity index is 1.29. The highest BCUT2D eigenvalue weighted by molar-refractivity contribution is 5.81. The standard InChI is InChI=1S/C41H36F3N5O4/c1-26-21-33-32(36(48(26)25-40(42,43)44)34-19-17-30(22-45-34)46-31-23-47(24-31)38(50)51)18-20-35-37(33)53-39(52)49(35)41(27-11-5-2-6-12-27,28-13-7-3-8-14-28)29-15-9-4-10-16-29/h2-20,22,26,31,36,46H,21,23-25H2,1H3,(H,50,51)/t26-,36+/m1/s1. The molecule has 12 heteroatoms. The molecular formula is C41H36F3N5O4. The van der Waals surface area contributed by atoms with Crippen molar-refractivity contribution in [2.45, 2.75) is 43.2 Å². The van der Waals surface area contributed by atoms with E-state index in [2.05, 4.69) is 10.3 Å². The number of oxazole rings is 1. The predicted octanol–water partition coefficient (Wildman–Crippen LogP) is 7.50. The highest BCUT2D eigenvalue weighted by atomic mass is 19.4. The second-order valence-corrected chi connectivity index (χ2v) is 13.7. The van der Waals surface area contributed by atoms with Crippen molar-refractivity contribution in [1.82, 2.24) is 19.4 Å². The topological polar surface area (TPSA) is 104 Å². The minimum absolute atomic E-state index is 0.0918. The van der Waals surface area contributed by atoms with Gasteiger partial charge in [-0.15, -0.1) is 0 Å². The van der Waals surface area contributed by atoms with Crippen LogP contribution in [0.3, 0.4) is 0 Å². The Labute approximate surface area is 302 Å². The number of nitrogens with one attached hydrogen (secondary N) is 1.